The Hall–Kier alpha value is -1.86. The van der Waals surface area contributed by atoms with Gasteiger partial charge in [-0.25, -0.2) is 8.42 Å². The van der Waals surface area contributed by atoms with Crippen molar-refractivity contribution in [3.05, 3.63) is 36.4 Å². The third kappa shape index (κ3) is 3.86. The first-order valence-electron chi connectivity index (χ1n) is 6.99. The van der Waals surface area contributed by atoms with Crippen molar-refractivity contribution in [2.24, 2.45) is 0 Å². The second kappa shape index (κ2) is 7.95. The van der Waals surface area contributed by atoms with Crippen LogP contribution in [0.2, 0.25) is 0 Å². The first-order valence-corrected chi connectivity index (χ1v) is 8.43. The van der Waals surface area contributed by atoms with Crippen LogP contribution in [0.3, 0.4) is 0 Å². The number of rotatable bonds is 8. The lowest BCUT2D eigenvalue weighted by atomic mass is 10.2. The predicted octanol–water partition coefficient (Wildman–Crippen LogP) is 1.64. The van der Waals surface area contributed by atoms with E-state index in [1.807, 2.05) is 0 Å². The number of ether oxygens (including phenoxy) is 1. The van der Waals surface area contributed by atoms with Crippen LogP contribution in [0.4, 0.5) is 0 Å². The molecule has 1 aromatic carbocycles. The van der Waals surface area contributed by atoms with Crippen molar-refractivity contribution in [3.63, 3.8) is 0 Å². The van der Waals surface area contributed by atoms with Gasteiger partial charge in [0, 0.05) is 25.2 Å². The number of methoxy groups -OCH3 is 1. The number of hydrogen-bond acceptors (Lipinski definition) is 4. The summed E-state index contributed by atoms with van der Waals surface area (Å²) in [4.78, 5) is 12.0. The lowest BCUT2D eigenvalue weighted by molar-refractivity contribution is 0.0957. The van der Waals surface area contributed by atoms with E-state index in [4.69, 9.17) is 4.74 Å². The summed E-state index contributed by atoms with van der Waals surface area (Å²) in [7, 11) is -2.32. The molecule has 0 heterocycles. The normalized spacial score (nSPS) is 11.3. The van der Waals surface area contributed by atoms with Gasteiger partial charge >= 0.3 is 0 Å². The van der Waals surface area contributed by atoms with Gasteiger partial charge in [0.1, 0.15) is 10.6 Å². The molecule has 1 rings (SSSR count). The highest BCUT2D eigenvalue weighted by Crippen LogP contribution is 2.27. The van der Waals surface area contributed by atoms with Gasteiger partial charge in [0.15, 0.2) is 0 Å². The number of hydrogen-bond donors (Lipinski definition) is 1. The van der Waals surface area contributed by atoms with E-state index in [2.05, 4.69) is 11.9 Å². The Bertz CT molecular complexity index is 637. The van der Waals surface area contributed by atoms with E-state index in [1.165, 1.54) is 29.6 Å². The van der Waals surface area contributed by atoms with Crippen LogP contribution in [0, 0.1) is 0 Å². The largest absolute Gasteiger partial charge is 0.495 e. The molecular formula is C15H22N2O4S. The van der Waals surface area contributed by atoms with Gasteiger partial charge in [-0.05, 0) is 18.2 Å². The highest BCUT2D eigenvalue weighted by Gasteiger charge is 2.26. The molecule has 0 fully saturated rings. The van der Waals surface area contributed by atoms with Gasteiger partial charge in [-0.2, -0.15) is 4.31 Å². The van der Waals surface area contributed by atoms with Crippen LogP contribution in [-0.2, 0) is 10.0 Å². The zero-order chi connectivity index (χ0) is 16.8. The summed E-state index contributed by atoms with van der Waals surface area (Å²) in [5, 5.41) is 2.62. The SMILES string of the molecule is C=CCNC(=O)c1ccc(OC)c(S(=O)(=O)N(CC)CC)c1. The number of nitrogens with one attached hydrogen (secondary N) is 1. The summed E-state index contributed by atoms with van der Waals surface area (Å²) in [5.41, 5.74) is 0.258. The standard InChI is InChI=1S/C15H22N2O4S/c1-5-10-16-15(18)12-8-9-13(21-4)14(11-12)22(19,20)17(6-2)7-3/h5,8-9,11H,1,6-7,10H2,2-4H3,(H,16,18). The minimum absolute atomic E-state index is 0.00930. The zero-order valence-electron chi connectivity index (χ0n) is 13.1. The molecule has 0 aliphatic heterocycles. The van der Waals surface area contributed by atoms with Gasteiger partial charge in [0.25, 0.3) is 5.91 Å². The van der Waals surface area contributed by atoms with Crippen LogP contribution in [0.25, 0.3) is 0 Å². The molecule has 0 unspecified atom stereocenters. The Morgan fingerprint density at radius 2 is 2.00 bits per heavy atom. The smallest absolute Gasteiger partial charge is 0.251 e. The fourth-order valence-electron chi connectivity index (χ4n) is 1.99. The molecule has 22 heavy (non-hydrogen) atoms. The summed E-state index contributed by atoms with van der Waals surface area (Å²) < 4.78 is 31.8. The van der Waals surface area contributed by atoms with Crippen molar-refractivity contribution < 1.29 is 17.9 Å². The molecule has 7 heteroatoms. The molecule has 0 bridgehead atoms. The molecule has 0 saturated carbocycles. The van der Waals surface area contributed by atoms with Gasteiger partial charge in [0.2, 0.25) is 10.0 Å². The monoisotopic (exact) mass is 326 g/mol. The molecule has 0 aliphatic rings. The highest BCUT2D eigenvalue weighted by molar-refractivity contribution is 7.89. The van der Waals surface area contributed by atoms with Crippen LogP contribution >= 0.6 is 0 Å². The topological polar surface area (TPSA) is 75.7 Å². The number of amides is 1. The minimum atomic E-state index is -3.71. The molecule has 0 radical (unpaired) electrons. The van der Waals surface area contributed by atoms with Gasteiger partial charge in [-0.1, -0.05) is 19.9 Å². The maximum absolute atomic E-state index is 12.7. The molecule has 0 spiro atoms. The van der Waals surface area contributed by atoms with Crippen molar-refractivity contribution in [2.75, 3.05) is 26.7 Å². The van der Waals surface area contributed by atoms with Crippen molar-refractivity contribution in [3.8, 4) is 5.75 Å². The first-order chi connectivity index (χ1) is 10.4. The average molecular weight is 326 g/mol. The maximum atomic E-state index is 12.7. The van der Waals surface area contributed by atoms with Gasteiger partial charge in [-0.15, -0.1) is 6.58 Å². The van der Waals surface area contributed by atoms with E-state index in [0.717, 1.165) is 0 Å². The average Bonchev–Trinajstić information content (AvgIpc) is 2.52. The third-order valence-corrected chi connectivity index (χ3v) is 5.23. The zero-order valence-corrected chi connectivity index (χ0v) is 13.9. The van der Waals surface area contributed by atoms with Crippen LogP contribution in [0.1, 0.15) is 24.2 Å². The second-order valence-corrected chi connectivity index (χ2v) is 6.36. The van der Waals surface area contributed by atoms with Crippen LogP contribution < -0.4 is 10.1 Å². The van der Waals surface area contributed by atoms with Crippen LogP contribution in [-0.4, -0.2) is 45.4 Å². The van der Waals surface area contributed by atoms with E-state index in [0.29, 0.717) is 19.6 Å². The van der Waals surface area contributed by atoms with Crippen LogP contribution in [0.5, 0.6) is 5.75 Å². The fourth-order valence-corrected chi connectivity index (χ4v) is 3.63. The van der Waals surface area contributed by atoms with E-state index >= 15 is 0 Å². The van der Waals surface area contributed by atoms with Crippen molar-refractivity contribution in [2.45, 2.75) is 18.7 Å². The van der Waals surface area contributed by atoms with Gasteiger partial charge in [-0.3, -0.25) is 4.79 Å². The molecule has 1 N–H and O–H groups in total. The summed E-state index contributed by atoms with van der Waals surface area (Å²) in [6.07, 6.45) is 1.55. The van der Waals surface area contributed by atoms with Crippen LogP contribution in [0.15, 0.2) is 35.7 Å². The number of nitrogens with zero attached hydrogens (tertiary/aromatic N) is 1. The van der Waals surface area contributed by atoms with E-state index < -0.39 is 10.0 Å². The fraction of sp³-hybridized carbons (Fsp3) is 0.400. The number of sulfonamides is 1. The Balaban J connectivity index is 3.33. The highest BCUT2D eigenvalue weighted by atomic mass is 32.2. The van der Waals surface area contributed by atoms with Gasteiger partial charge in [0.05, 0.1) is 7.11 Å². The molecule has 0 aromatic heterocycles. The van der Waals surface area contributed by atoms with E-state index in [1.54, 1.807) is 19.9 Å². The molecule has 122 valence electrons. The minimum Gasteiger partial charge on any atom is -0.495 e. The van der Waals surface area contributed by atoms with Gasteiger partial charge < -0.3 is 10.1 Å². The van der Waals surface area contributed by atoms with E-state index in [9.17, 15) is 13.2 Å². The maximum Gasteiger partial charge on any atom is 0.251 e. The molecule has 6 nitrogen and oxygen atoms in total. The Morgan fingerprint density at radius 1 is 1.36 bits per heavy atom. The lowest BCUT2D eigenvalue weighted by Gasteiger charge is -2.20. The second-order valence-electron chi connectivity index (χ2n) is 4.45. The first kappa shape index (κ1) is 18.2. The molecule has 0 saturated heterocycles. The van der Waals surface area contributed by atoms with Crippen molar-refractivity contribution in [1.82, 2.24) is 9.62 Å². The Kier molecular flexibility index (Phi) is 6.58. The Labute approximate surface area is 131 Å². The quantitative estimate of drug-likeness (QED) is 0.737. The summed E-state index contributed by atoms with van der Waals surface area (Å²) in [6, 6.07) is 4.35. The summed E-state index contributed by atoms with van der Waals surface area (Å²) >= 11 is 0. The van der Waals surface area contributed by atoms with Crippen molar-refractivity contribution >= 4 is 15.9 Å². The molecule has 0 atom stereocenters. The van der Waals surface area contributed by atoms with E-state index in [-0.39, 0.29) is 22.1 Å². The molecule has 1 amide bonds. The summed E-state index contributed by atoms with van der Waals surface area (Å²) in [6.45, 7) is 8.03. The summed E-state index contributed by atoms with van der Waals surface area (Å²) in [5.74, 6) is -0.147. The number of carbonyl (C=O) groups is 1. The Morgan fingerprint density at radius 3 is 2.50 bits per heavy atom. The predicted molar refractivity (Wildman–Crippen MR) is 85.6 cm³/mol. The molecule has 0 aliphatic carbocycles. The van der Waals surface area contributed by atoms with Crippen molar-refractivity contribution in [1.29, 1.82) is 0 Å². The lowest BCUT2D eigenvalue weighted by Crippen LogP contribution is -2.31. The number of benzene rings is 1. The number of carbonyl (C=O) groups excluding carboxylic acids is 1. The molecular weight excluding hydrogens is 304 g/mol. The third-order valence-electron chi connectivity index (χ3n) is 3.16. The molecule has 1 aromatic rings.